The lowest BCUT2D eigenvalue weighted by molar-refractivity contribution is 0.103. The molecule has 0 aliphatic carbocycles. The number of ether oxygens (including phenoxy) is 2. The molecule has 0 unspecified atom stereocenters. The van der Waals surface area contributed by atoms with Crippen molar-refractivity contribution in [2.45, 2.75) is 13.3 Å². The minimum atomic E-state index is -0.275. The van der Waals surface area contributed by atoms with Gasteiger partial charge in [0.2, 0.25) is 0 Å². The van der Waals surface area contributed by atoms with Crippen molar-refractivity contribution in [3.8, 4) is 22.8 Å². The molecule has 6 nitrogen and oxygen atoms in total. The van der Waals surface area contributed by atoms with E-state index in [1.807, 2.05) is 30.5 Å². The molecule has 2 aromatic heterocycles. The number of hydrogen-bond acceptors (Lipinski definition) is 7. The molecule has 1 amide bonds. The van der Waals surface area contributed by atoms with Crippen molar-refractivity contribution < 1.29 is 18.7 Å². The fourth-order valence-electron chi connectivity index (χ4n) is 3.34. The second-order valence-corrected chi connectivity index (χ2v) is 9.12. The predicted molar refractivity (Wildman–Crippen MR) is 123 cm³/mol. The zero-order valence-electron chi connectivity index (χ0n) is 17.1. The quantitative estimate of drug-likeness (QED) is 0.430. The van der Waals surface area contributed by atoms with Crippen LogP contribution >= 0.6 is 22.7 Å². The van der Waals surface area contributed by atoms with Crippen molar-refractivity contribution in [3.63, 3.8) is 0 Å². The van der Waals surface area contributed by atoms with Crippen molar-refractivity contribution in [3.05, 3.63) is 74.8 Å². The first-order chi connectivity index (χ1) is 15.5. The molecule has 1 aliphatic rings. The maximum atomic E-state index is 13.1. The second-order valence-electron chi connectivity index (χ2n) is 7.18. The molecule has 0 bridgehead atoms. The van der Waals surface area contributed by atoms with E-state index in [0.29, 0.717) is 41.1 Å². The van der Waals surface area contributed by atoms with Gasteiger partial charge in [0.1, 0.15) is 23.9 Å². The van der Waals surface area contributed by atoms with Gasteiger partial charge in [0, 0.05) is 17.4 Å². The summed E-state index contributed by atoms with van der Waals surface area (Å²) in [7, 11) is 0. The van der Waals surface area contributed by atoms with Crippen molar-refractivity contribution in [1.29, 1.82) is 0 Å². The fraction of sp³-hybridized carbons (Fsp3) is 0.174. The Balaban J connectivity index is 1.29. The number of carbonyl (C=O) groups is 1. The average molecular weight is 468 g/mol. The first kappa shape index (κ1) is 20.6. The van der Waals surface area contributed by atoms with Gasteiger partial charge in [0.15, 0.2) is 16.6 Å². The molecule has 9 heteroatoms. The molecular formula is C23H18FN3O3S2. The molecule has 0 atom stereocenters. The minimum absolute atomic E-state index is 0.242. The second kappa shape index (κ2) is 8.68. The standard InChI is InChI=1S/C23H18FN3O3S2/c1-13-21(32-20(25-13)10-14-2-5-16(24)6-3-14)22(28)27-23-26-17(12-31-23)15-4-7-18-19(11-15)30-9-8-29-18/h2-7,11-12H,8-10H2,1H3,(H,26,27,28). The van der Waals surface area contributed by atoms with Gasteiger partial charge in [-0.1, -0.05) is 12.1 Å². The summed E-state index contributed by atoms with van der Waals surface area (Å²) in [5.41, 5.74) is 3.24. The molecule has 1 N–H and O–H groups in total. The molecule has 3 heterocycles. The number of anilines is 1. The van der Waals surface area contributed by atoms with Crippen LogP contribution in [0.5, 0.6) is 11.5 Å². The first-order valence-electron chi connectivity index (χ1n) is 9.93. The highest BCUT2D eigenvalue weighted by atomic mass is 32.1. The van der Waals surface area contributed by atoms with Gasteiger partial charge in [-0.15, -0.1) is 22.7 Å². The number of aromatic nitrogens is 2. The van der Waals surface area contributed by atoms with E-state index in [4.69, 9.17) is 9.47 Å². The van der Waals surface area contributed by atoms with Crippen molar-refractivity contribution in [2.24, 2.45) is 0 Å². The Labute approximate surface area is 191 Å². The molecule has 0 saturated carbocycles. The third kappa shape index (κ3) is 4.35. The van der Waals surface area contributed by atoms with E-state index in [-0.39, 0.29) is 11.7 Å². The van der Waals surface area contributed by atoms with E-state index in [1.54, 1.807) is 12.1 Å². The summed E-state index contributed by atoms with van der Waals surface area (Å²) in [6.07, 6.45) is 0.546. The zero-order chi connectivity index (χ0) is 22.1. The number of nitrogens with one attached hydrogen (secondary N) is 1. The van der Waals surface area contributed by atoms with E-state index >= 15 is 0 Å². The Morgan fingerprint density at radius 1 is 1.09 bits per heavy atom. The lowest BCUT2D eigenvalue weighted by Gasteiger charge is -2.18. The molecular weight excluding hydrogens is 449 g/mol. The number of halogens is 1. The van der Waals surface area contributed by atoms with Crippen LogP contribution in [0.1, 0.15) is 25.9 Å². The van der Waals surface area contributed by atoms with E-state index < -0.39 is 0 Å². The van der Waals surface area contributed by atoms with Crippen LogP contribution in [0.3, 0.4) is 0 Å². The van der Waals surface area contributed by atoms with E-state index in [1.165, 1.54) is 34.8 Å². The molecule has 4 aromatic rings. The lowest BCUT2D eigenvalue weighted by atomic mass is 10.1. The van der Waals surface area contributed by atoms with Gasteiger partial charge in [-0.25, -0.2) is 14.4 Å². The largest absolute Gasteiger partial charge is 0.486 e. The smallest absolute Gasteiger partial charge is 0.269 e. The van der Waals surface area contributed by atoms with Crippen molar-refractivity contribution in [2.75, 3.05) is 18.5 Å². The third-order valence-electron chi connectivity index (χ3n) is 4.88. The molecule has 5 rings (SSSR count). The Morgan fingerprint density at radius 3 is 2.69 bits per heavy atom. The van der Waals surface area contributed by atoms with Gasteiger partial charge in [0.25, 0.3) is 5.91 Å². The highest BCUT2D eigenvalue weighted by molar-refractivity contribution is 7.15. The van der Waals surface area contributed by atoms with Gasteiger partial charge in [-0.05, 0) is 42.8 Å². The summed E-state index contributed by atoms with van der Waals surface area (Å²) in [6.45, 7) is 2.87. The fourth-order valence-corrected chi connectivity index (χ4v) is 5.04. The first-order valence-corrected chi connectivity index (χ1v) is 11.6. The van der Waals surface area contributed by atoms with Crippen molar-refractivity contribution >= 4 is 33.7 Å². The van der Waals surface area contributed by atoms with Gasteiger partial charge >= 0.3 is 0 Å². The van der Waals surface area contributed by atoms with Crippen molar-refractivity contribution in [1.82, 2.24) is 9.97 Å². The molecule has 162 valence electrons. The summed E-state index contributed by atoms with van der Waals surface area (Å²) in [5, 5.41) is 6.07. The van der Waals surface area contributed by atoms with Crippen LogP contribution in [0.15, 0.2) is 47.8 Å². The number of aryl methyl sites for hydroxylation is 1. The monoisotopic (exact) mass is 467 g/mol. The predicted octanol–water partition coefficient (Wildman–Crippen LogP) is 5.33. The Morgan fingerprint density at radius 2 is 1.88 bits per heavy atom. The van der Waals surface area contributed by atoms with Crippen LogP contribution in [-0.2, 0) is 6.42 Å². The van der Waals surface area contributed by atoms with E-state index in [2.05, 4.69) is 15.3 Å². The third-order valence-corrected chi connectivity index (χ3v) is 6.79. The normalized spacial score (nSPS) is 12.6. The van der Waals surface area contributed by atoms with Gasteiger partial charge in [0.05, 0.1) is 16.4 Å². The molecule has 0 fully saturated rings. The Bertz CT molecular complexity index is 1280. The summed E-state index contributed by atoms with van der Waals surface area (Å²) < 4.78 is 24.3. The molecule has 0 saturated heterocycles. The number of benzene rings is 2. The number of carbonyl (C=O) groups excluding carboxylic acids is 1. The number of rotatable bonds is 5. The molecule has 2 aromatic carbocycles. The number of thiazole rings is 2. The summed E-state index contributed by atoms with van der Waals surface area (Å²) in [4.78, 5) is 22.4. The number of nitrogens with zero attached hydrogens (tertiary/aromatic N) is 2. The lowest BCUT2D eigenvalue weighted by Crippen LogP contribution is -2.15. The number of amides is 1. The van der Waals surface area contributed by atoms with Gasteiger partial charge < -0.3 is 9.47 Å². The SMILES string of the molecule is Cc1nc(Cc2ccc(F)cc2)sc1C(=O)Nc1nc(-c2ccc3c(c2)OCCO3)cs1. The summed E-state index contributed by atoms with van der Waals surface area (Å²) >= 11 is 2.69. The Hall–Kier alpha value is -3.30. The van der Waals surface area contributed by atoms with Gasteiger partial charge in [-0.2, -0.15) is 0 Å². The topological polar surface area (TPSA) is 73.3 Å². The van der Waals surface area contributed by atoms with Gasteiger partial charge in [-0.3, -0.25) is 10.1 Å². The number of fused-ring (bicyclic) bond motifs is 1. The minimum Gasteiger partial charge on any atom is -0.486 e. The van der Waals surface area contributed by atoms with Crippen LogP contribution in [0.25, 0.3) is 11.3 Å². The van der Waals surface area contributed by atoms with Crippen LogP contribution in [-0.4, -0.2) is 29.1 Å². The average Bonchev–Trinajstić information content (AvgIpc) is 3.41. The van der Waals surface area contributed by atoms with Crippen LogP contribution in [0.4, 0.5) is 9.52 Å². The maximum absolute atomic E-state index is 13.1. The van der Waals surface area contributed by atoms with Crippen LogP contribution in [0.2, 0.25) is 0 Å². The highest BCUT2D eigenvalue weighted by Gasteiger charge is 2.18. The molecule has 0 spiro atoms. The van der Waals surface area contributed by atoms with Crippen LogP contribution < -0.4 is 14.8 Å². The Kier molecular flexibility index (Phi) is 5.59. The highest BCUT2D eigenvalue weighted by Crippen LogP contribution is 2.35. The zero-order valence-corrected chi connectivity index (χ0v) is 18.7. The van der Waals surface area contributed by atoms with E-state index in [0.717, 1.165) is 27.6 Å². The summed E-state index contributed by atoms with van der Waals surface area (Å²) in [6, 6.07) is 12.0. The maximum Gasteiger partial charge on any atom is 0.269 e. The molecule has 1 aliphatic heterocycles. The van der Waals surface area contributed by atoms with E-state index in [9.17, 15) is 9.18 Å². The summed E-state index contributed by atoms with van der Waals surface area (Å²) in [5.74, 6) is 0.902. The molecule has 0 radical (unpaired) electrons. The van der Waals surface area contributed by atoms with Crippen LogP contribution in [0, 0.1) is 12.7 Å². The number of hydrogen-bond donors (Lipinski definition) is 1. The molecule has 32 heavy (non-hydrogen) atoms.